The lowest BCUT2D eigenvalue weighted by atomic mass is 10.3. The van der Waals surface area contributed by atoms with E-state index in [1.54, 1.807) is 0 Å². The lowest BCUT2D eigenvalue weighted by Gasteiger charge is -2.05. The van der Waals surface area contributed by atoms with Gasteiger partial charge in [0.2, 0.25) is 0 Å². The lowest BCUT2D eigenvalue weighted by Crippen LogP contribution is -2.04. The van der Waals surface area contributed by atoms with Gasteiger partial charge >= 0.3 is 0 Å². The molecule has 1 fully saturated rings. The van der Waals surface area contributed by atoms with Gasteiger partial charge in [-0.25, -0.2) is 0 Å². The van der Waals surface area contributed by atoms with Crippen molar-refractivity contribution in [3.63, 3.8) is 0 Å². The second-order valence-electron chi connectivity index (χ2n) is 3.18. The highest BCUT2D eigenvalue weighted by atomic mass is 16.6. The Kier molecular flexibility index (Phi) is 2.42. The number of epoxide rings is 1. The average molecular weight is 211 g/mol. The molecule has 1 heterocycles. The average Bonchev–Trinajstić information content (AvgIpc) is 2.99. The number of hydrogen-bond donors (Lipinski definition) is 1. The monoisotopic (exact) mass is 211 g/mol. The summed E-state index contributed by atoms with van der Waals surface area (Å²) in [6.07, 6.45) is 0.0830. The number of ether oxygens (including phenoxy) is 2. The van der Waals surface area contributed by atoms with Crippen LogP contribution in [0.3, 0.4) is 0 Å². The standard InChI is InChI=1S/C9H9NO5/c11-8-3-6(10(12)13)1-2-9(8)15-5-7-4-14-7/h1-3,7,11H,4-5H2. The summed E-state index contributed by atoms with van der Waals surface area (Å²) in [4.78, 5) is 9.80. The van der Waals surface area contributed by atoms with Crippen molar-refractivity contribution >= 4 is 5.69 Å². The van der Waals surface area contributed by atoms with E-state index in [9.17, 15) is 15.2 Å². The molecule has 0 amide bonds. The maximum Gasteiger partial charge on any atom is 0.273 e. The van der Waals surface area contributed by atoms with Gasteiger partial charge in [-0.1, -0.05) is 0 Å². The molecule has 80 valence electrons. The molecule has 1 atom stereocenters. The van der Waals surface area contributed by atoms with Crippen molar-refractivity contribution in [1.82, 2.24) is 0 Å². The molecular formula is C9H9NO5. The number of hydrogen-bond acceptors (Lipinski definition) is 5. The molecule has 1 unspecified atom stereocenters. The molecular weight excluding hydrogens is 202 g/mol. The third kappa shape index (κ3) is 2.35. The Morgan fingerprint density at radius 1 is 1.67 bits per heavy atom. The molecule has 1 aromatic carbocycles. The molecule has 15 heavy (non-hydrogen) atoms. The summed E-state index contributed by atoms with van der Waals surface area (Å²) < 4.78 is 10.1. The first-order chi connectivity index (χ1) is 7.16. The molecule has 6 heteroatoms. The topological polar surface area (TPSA) is 85.1 Å². The summed E-state index contributed by atoms with van der Waals surface area (Å²) in [6.45, 7) is 1.01. The minimum atomic E-state index is -0.576. The summed E-state index contributed by atoms with van der Waals surface area (Å²) in [6, 6.07) is 3.71. The summed E-state index contributed by atoms with van der Waals surface area (Å²) >= 11 is 0. The molecule has 0 bridgehead atoms. The molecule has 2 rings (SSSR count). The fraction of sp³-hybridized carbons (Fsp3) is 0.333. The first-order valence-corrected chi connectivity index (χ1v) is 4.38. The van der Waals surface area contributed by atoms with Crippen molar-refractivity contribution in [2.75, 3.05) is 13.2 Å². The van der Waals surface area contributed by atoms with E-state index < -0.39 is 4.92 Å². The molecule has 0 aliphatic carbocycles. The highest BCUT2D eigenvalue weighted by Gasteiger charge is 2.23. The zero-order valence-electron chi connectivity index (χ0n) is 7.75. The van der Waals surface area contributed by atoms with Gasteiger partial charge in [0.25, 0.3) is 5.69 Å². The van der Waals surface area contributed by atoms with Gasteiger partial charge < -0.3 is 14.6 Å². The van der Waals surface area contributed by atoms with Gasteiger partial charge in [0.15, 0.2) is 11.5 Å². The van der Waals surface area contributed by atoms with Crippen LogP contribution in [-0.4, -0.2) is 29.3 Å². The smallest absolute Gasteiger partial charge is 0.273 e. The van der Waals surface area contributed by atoms with E-state index >= 15 is 0 Å². The molecule has 0 aromatic heterocycles. The van der Waals surface area contributed by atoms with E-state index in [1.807, 2.05) is 0 Å². The second-order valence-corrected chi connectivity index (χ2v) is 3.18. The Labute approximate surface area is 85.2 Å². The van der Waals surface area contributed by atoms with Crippen LogP contribution in [0.2, 0.25) is 0 Å². The van der Waals surface area contributed by atoms with Gasteiger partial charge in [-0.3, -0.25) is 10.1 Å². The Morgan fingerprint density at radius 2 is 2.40 bits per heavy atom. The Morgan fingerprint density at radius 3 is 2.93 bits per heavy atom. The summed E-state index contributed by atoms with van der Waals surface area (Å²) in [5.74, 6) is 0.000880. The molecule has 0 radical (unpaired) electrons. The number of rotatable bonds is 4. The van der Waals surface area contributed by atoms with Gasteiger partial charge in [-0.15, -0.1) is 0 Å². The molecule has 0 spiro atoms. The molecule has 6 nitrogen and oxygen atoms in total. The Hall–Kier alpha value is -1.82. The van der Waals surface area contributed by atoms with Crippen molar-refractivity contribution in [3.05, 3.63) is 28.3 Å². The second kappa shape index (κ2) is 3.74. The number of nitro benzene ring substituents is 1. The first-order valence-electron chi connectivity index (χ1n) is 4.38. The van der Waals surface area contributed by atoms with Gasteiger partial charge in [0.1, 0.15) is 12.7 Å². The zero-order chi connectivity index (χ0) is 10.8. The number of phenolic OH excluding ortho intramolecular Hbond substituents is 1. The largest absolute Gasteiger partial charge is 0.504 e. The van der Waals surface area contributed by atoms with Crippen LogP contribution in [-0.2, 0) is 4.74 Å². The Bertz CT molecular complexity index is 388. The predicted octanol–water partition coefficient (Wildman–Crippen LogP) is 1.08. The quantitative estimate of drug-likeness (QED) is 0.457. The van der Waals surface area contributed by atoms with E-state index in [1.165, 1.54) is 12.1 Å². The maximum absolute atomic E-state index is 10.4. The molecule has 1 aromatic rings. The number of nitrogens with zero attached hydrogens (tertiary/aromatic N) is 1. The molecule has 1 N–H and O–H groups in total. The van der Waals surface area contributed by atoms with Crippen LogP contribution < -0.4 is 4.74 Å². The van der Waals surface area contributed by atoms with Crippen LogP contribution in [0.4, 0.5) is 5.69 Å². The van der Waals surface area contributed by atoms with E-state index in [2.05, 4.69) is 0 Å². The number of non-ortho nitro benzene ring substituents is 1. The van der Waals surface area contributed by atoms with Crippen LogP contribution in [0, 0.1) is 10.1 Å². The number of aromatic hydroxyl groups is 1. The minimum absolute atomic E-state index is 0.0830. The van der Waals surface area contributed by atoms with Gasteiger partial charge in [0.05, 0.1) is 17.6 Å². The highest BCUT2D eigenvalue weighted by molar-refractivity contribution is 5.47. The fourth-order valence-electron chi connectivity index (χ4n) is 1.09. The Balaban J connectivity index is 2.07. The number of nitro groups is 1. The van der Waals surface area contributed by atoms with Crippen LogP contribution in [0.25, 0.3) is 0 Å². The van der Waals surface area contributed by atoms with Crippen molar-refractivity contribution < 1.29 is 19.5 Å². The lowest BCUT2D eigenvalue weighted by molar-refractivity contribution is -0.385. The maximum atomic E-state index is 10.4. The normalized spacial score (nSPS) is 18.5. The van der Waals surface area contributed by atoms with Crippen molar-refractivity contribution in [2.24, 2.45) is 0 Å². The minimum Gasteiger partial charge on any atom is -0.504 e. The van der Waals surface area contributed by atoms with Gasteiger partial charge in [-0.05, 0) is 6.07 Å². The first kappa shape index (κ1) is 9.72. The summed E-state index contributed by atoms with van der Waals surface area (Å²) in [5, 5.41) is 19.8. The van der Waals surface area contributed by atoms with Crippen molar-refractivity contribution in [3.8, 4) is 11.5 Å². The highest BCUT2D eigenvalue weighted by Crippen LogP contribution is 2.30. The van der Waals surface area contributed by atoms with Crippen LogP contribution in [0.15, 0.2) is 18.2 Å². The molecule has 1 saturated heterocycles. The van der Waals surface area contributed by atoms with Crippen LogP contribution in [0.5, 0.6) is 11.5 Å². The third-order valence-electron chi connectivity index (χ3n) is 1.98. The van der Waals surface area contributed by atoms with Crippen molar-refractivity contribution in [2.45, 2.75) is 6.10 Å². The van der Waals surface area contributed by atoms with Gasteiger partial charge in [0, 0.05) is 6.07 Å². The zero-order valence-corrected chi connectivity index (χ0v) is 7.75. The number of benzene rings is 1. The fourth-order valence-corrected chi connectivity index (χ4v) is 1.09. The molecule has 1 aliphatic rings. The van der Waals surface area contributed by atoms with Crippen molar-refractivity contribution in [1.29, 1.82) is 0 Å². The summed E-state index contributed by atoms with van der Waals surface area (Å²) in [7, 11) is 0. The number of phenols is 1. The third-order valence-corrected chi connectivity index (χ3v) is 1.98. The molecule has 1 aliphatic heterocycles. The SMILES string of the molecule is O=[N+]([O-])c1ccc(OCC2CO2)c(O)c1. The predicted molar refractivity (Wildman–Crippen MR) is 50.0 cm³/mol. The van der Waals surface area contributed by atoms with E-state index in [0.717, 1.165) is 6.07 Å². The van der Waals surface area contributed by atoms with Gasteiger partial charge in [-0.2, -0.15) is 0 Å². The van der Waals surface area contributed by atoms with Crippen LogP contribution >= 0.6 is 0 Å². The molecule has 0 saturated carbocycles. The van der Waals surface area contributed by atoms with E-state index in [4.69, 9.17) is 9.47 Å². The van der Waals surface area contributed by atoms with Crippen LogP contribution in [0.1, 0.15) is 0 Å². The summed E-state index contributed by atoms with van der Waals surface area (Å²) in [5.41, 5.74) is -0.164. The van der Waals surface area contributed by atoms with E-state index in [-0.39, 0.29) is 23.3 Å². The van der Waals surface area contributed by atoms with E-state index in [0.29, 0.717) is 13.2 Å².